The van der Waals surface area contributed by atoms with E-state index >= 15 is 8.78 Å². The van der Waals surface area contributed by atoms with Crippen LogP contribution in [0.25, 0.3) is 11.0 Å². The lowest BCUT2D eigenvalue weighted by atomic mass is 9.70. The Balaban J connectivity index is 1.48. The molecule has 9 heteroatoms. The van der Waals surface area contributed by atoms with Crippen molar-refractivity contribution in [2.24, 2.45) is 5.41 Å². The van der Waals surface area contributed by atoms with E-state index in [1.807, 2.05) is 41.1 Å². The van der Waals surface area contributed by atoms with Gasteiger partial charge in [0.25, 0.3) is 5.91 Å². The van der Waals surface area contributed by atoms with E-state index in [4.69, 9.17) is 0 Å². The third kappa shape index (κ3) is 4.87. The molecule has 5 aliphatic heterocycles. The van der Waals surface area contributed by atoms with Crippen molar-refractivity contribution in [3.8, 4) is 0 Å². The zero-order valence-electron chi connectivity index (χ0n) is 23.2. The quantitative estimate of drug-likeness (QED) is 0.332. The number of aromatic nitrogens is 3. The van der Waals surface area contributed by atoms with Crippen LogP contribution >= 0.6 is 0 Å². The van der Waals surface area contributed by atoms with Crippen LogP contribution in [0.2, 0.25) is 0 Å². The van der Waals surface area contributed by atoms with Crippen molar-refractivity contribution >= 4 is 22.9 Å². The van der Waals surface area contributed by atoms with Gasteiger partial charge in [0, 0.05) is 25.6 Å². The first-order valence-electron chi connectivity index (χ1n) is 14.1. The molecule has 212 valence electrons. The van der Waals surface area contributed by atoms with Gasteiger partial charge >= 0.3 is 5.97 Å². The number of carbonyl (C=O) groups is 2. The molecule has 4 aromatic rings. The van der Waals surface area contributed by atoms with Gasteiger partial charge in [-0.05, 0) is 91.6 Å². The summed E-state index contributed by atoms with van der Waals surface area (Å²) in [6, 6.07) is 14.2. The van der Waals surface area contributed by atoms with E-state index in [2.05, 4.69) is 10.3 Å². The maximum Gasteiger partial charge on any atom is 0.310 e. The molecule has 0 fully saturated rings. The molecule has 0 radical (unpaired) electrons. The summed E-state index contributed by atoms with van der Waals surface area (Å²) < 4.78 is 32.1. The van der Waals surface area contributed by atoms with Crippen LogP contribution in [0.4, 0.5) is 8.78 Å². The standard InChI is InChI=1S/C32H32F2N4O3/c1-32(2,31(40)41)29-21-8-7-20-11-13-37(18-23(20)16-21)30(39)28-24(33)14-19(15-25(28)34)6-4-3-5-12-38-27-10-9-22(29)17-26(27)35-36-38/h7-10,14-17,29H,3-6,11-13,18H2,1-2H3,(H,40,41). The van der Waals surface area contributed by atoms with Gasteiger partial charge in [0.2, 0.25) is 0 Å². The zero-order valence-corrected chi connectivity index (χ0v) is 23.2. The van der Waals surface area contributed by atoms with Gasteiger partial charge in [-0.15, -0.1) is 5.10 Å². The molecule has 1 N–H and O–H groups in total. The molecule has 5 aliphatic rings. The van der Waals surface area contributed by atoms with Gasteiger partial charge in [-0.3, -0.25) is 9.59 Å². The summed E-state index contributed by atoms with van der Waals surface area (Å²) in [5, 5.41) is 19.0. The molecule has 1 atom stereocenters. The maximum absolute atomic E-state index is 15.1. The van der Waals surface area contributed by atoms with Crippen LogP contribution in [0.1, 0.15) is 77.2 Å². The summed E-state index contributed by atoms with van der Waals surface area (Å²) in [6.07, 6.45) is 3.40. The number of nitrogens with zero attached hydrogens (tertiary/aromatic N) is 4. The maximum atomic E-state index is 15.1. The zero-order chi connectivity index (χ0) is 28.9. The van der Waals surface area contributed by atoms with Gasteiger partial charge in [0.05, 0.1) is 10.9 Å². The fraction of sp³-hybridized carbons (Fsp3) is 0.375. The summed E-state index contributed by atoms with van der Waals surface area (Å²) in [6.45, 7) is 4.55. The van der Waals surface area contributed by atoms with Crippen molar-refractivity contribution in [1.82, 2.24) is 19.9 Å². The molecule has 41 heavy (non-hydrogen) atoms. The Labute approximate surface area is 236 Å². The Morgan fingerprint density at radius 3 is 2.41 bits per heavy atom. The normalized spacial score (nSPS) is 17.9. The number of aryl methyl sites for hydroxylation is 2. The van der Waals surface area contributed by atoms with Crippen molar-refractivity contribution < 1.29 is 23.5 Å². The van der Waals surface area contributed by atoms with E-state index < -0.39 is 40.4 Å². The highest BCUT2D eigenvalue weighted by atomic mass is 19.1. The second-order valence-electron chi connectivity index (χ2n) is 11.8. The van der Waals surface area contributed by atoms with E-state index in [1.54, 1.807) is 13.8 Å². The molecule has 0 saturated heterocycles. The molecule has 0 spiro atoms. The smallest absolute Gasteiger partial charge is 0.310 e. The Morgan fingerprint density at radius 1 is 0.927 bits per heavy atom. The molecule has 0 saturated carbocycles. The minimum absolute atomic E-state index is 0.177. The second-order valence-corrected chi connectivity index (χ2v) is 11.8. The summed E-state index contributed by atoms with van der Waals surface area (Å²) in [4.78, 5) is 27.4. The first kappa shape index (κ1) is 27.1. The molecule has 1 unspecified atom stereocenters. The highest BCUT2D eigenvalue weighted by molar-refractivity contribution is 5.95. The minimum Gasteiger partial charge on any atom is -0.481 e. The molecular formula is C32H32F2N4O3. The second kappa shape index (κ2) is 10.4. The fourth-order valence-corrected chi connectivity index (χ4v) is 6.31. The lowest BCUT2D eigenvalue weighted by Gasteiger charge is -2.34. The Kier molecular flexibility index (Phi) is 6.83. The molecule has 6 heterocycles. The third-order valence-corrected chi connectivity index (χ3v) is 8.66. The van der Waals surface area contributed by atoms with Gasteiger partial charge in [0.15, 0.2) is 0 Å². The number of carbonyl (C=O) groups excluding carboxylic acids is 1. The lowest BCUT2D eigenvalue weighted by molar-refractivity contribution is -0.147. The van der Waals surface area contributed by atoms with Crippen LogP contribution in [0.15, 0.2) is 48.5 Å². The number of hydrogen-bond donors (Lipinski definition) is 1. The molecule has 9 bridgehead atoms. The van der Waals surface area contributed by atoms with Crippen LogP contribution in [-0.2, 0) is 30.7 Å². The number of amides is 1. The van der Waals surface area contributed by atoms with Crippen molar-refractivity contribution in [1.29, 1.82) is 0 Å². The van der Waals surface area contributed by atoms with Gasteiger partial charge in [0.1, 0.15) is 22.7 Å². The number of aliphatic carboxylic acids is 1. The average Bonchev–Trinajstić information content (AvgIpc) is 3.33. The van der Waals surface area contributed by atoms with Gasteiger partial charge in [-0.25, -0.2) is 13.5 Å². The average molecular weight is 559 g/mol. The van der Waals surface area contributed by atoms with Crippen molar-refractivity contribution in [3.05, 3.63) is 93.5 Å². The molecule has 1 aromatic heterocycles. The number of carboxylic acids is 1. The number of rotatable bonds is 2. The van der Waals surface area contributed by atoms with Gasteiger partial charge in [-0.1, -0.05) is 35.9 Å². The van der Waals surface area contributed by atoms with Crippen LogP contribution in [0.5, 0.6) is 0 Å². The first-order chi connectivity index (χ1) is 19.6. The largest absolute Gasteiger partial charge is 0.481 e. The summed E-state index contributed by atoms with van der Waals surface area (Å²) in [5.41, 5.74) is 3.83. The summed E-state index contributed by atoms with van der Waals surface area (Å²) >= 11 is 0. The van der Waals surface area contributed by atoms with Crippen molar-refractivity contribution in [3.63, 3.8) is 0 Å². The fourth-order valence-electron chi connectivity index (χ4n) is 6.31. The van der Waals surface area contributed by atoms with Crippen molar-refractivity contribution in [2.75, 3.05) is 6.54 Å². The number of halogens is 2. The predicted molar refractivity (Wildman–Crippen MR) is 150 cm³/mol. The topological polar surface area (TPSA) is 88.3 Å². The Morgan fingerprint density at radius 2 is 1.66 bits per heavy atom. The monoisotopic (exact) mass is 558 g/mol. The molecule has 1 amide bonds. The van der Waals surface area contributed by atoms with Crippen LogP contribution in [-0.4, -0.2) is 43.4 Å². The van der Waals surface area contributed by atoms with E-state index in [1.165, 1.54) is 17.0 Å². The first-order valence-corrected chi connectivity index (χ1v) is 14.1. The molecule has 7 nitrogen and oxygen atoms in total. The van der Waals surface area contributed by atoms with Gasteiger partial charge < -0.3 is 10.0 Å². The predicted octanol–water partition coefficient (Wildman–Crippen LogP) is 5.88. The number of benzene rings is 3. The van der Waals surface area contributed by atoms with Crippen LogP contribution in [0, 0.1) is 17.0 Å². The van der Waals surface area contributed by atoms with E-state index in [0.29, 0.717) is 37.0 Å². The van der Waals surface area contributed by atoms with E-state index in [-0.39, 0.29) is 6.54 Å². The van der Waals surface area contributed by atoms with Gasteiger partial charge in [-0.2, -0.15) is 0 Å². The number of hydrogen-bond acceptors (Lipinski definition) is 4. The van der Waals surface area contributed by atoms with Crippen LogP contribution in [0.3, 0.4) is 0 Å². The lowest BCUT2D eigenvalue weighted by Crippen LogP contribution is -2.37. The molecule has 3 aromatic carbocycles. The highest BCUT2D eigenvalue weighted by Gasteiger charge is 2.40. The van der Waals surface area contributed by atoms with Crippen molar-refractivity contribution in [2.45, 2.75) is 65.0 Å². The SMILES string of the molecule is CC(C)(C(=O)O)C1c2ccc3c(c2)CN(CC3)C(=O)c2c(F)cc(cc2F)CCCCCn2nnc3cc1ccc32. The van der Waals surface area contributed by atoms with E-state index in [0.717, 1.165) is 47.0 Å². The number of carboxylic acid groups (broad SMARTS) is 1. The molecule has 9 rings (SSSR count). The summed E-state index contributed by atoms with van der Waals surface area (Å²) in [7, 11) is 0. The minimum atomic E-state index is -1.18. The molecule has 0 aliphatic carbocycles. The highest BCUT2D eigenvalue weighted by Crippen LogP contribution is 2.43. The Hall–Kier alpha value is -4.14. The van der Waals surface area contributed by atoms with Crippen LogP contribution < -0.4 is 0 Å². The summed E-state index contributed by atoms with van der Waals surface area (Å²) in [5.74, 6) is -3.83. The molecular weight excluding hydrogens is 526 g/mol. The third-order valence-electron chi connectivity index (χ3n) is 8.66. The Bertz CT molecular complexity index is 1660. The van der Waals surface area contributed by atoms with E-state index in [9.17, 15) is 14.7 Å².